The largest absolute Gasteiger partial charge is 0.507 e. The lowest BCUT2D eigenvalue weighted by Gasteiger charge is -2.19. The Morgan fingerprint density at radius 2 is 1.75 bits per heavy atom. The van der Waals surface area contributed by atoms with Crippen LogP contribution >= 0.6 is 0 Å². The molecule has 6 heteroatoms. The predicted octanol–water partition coefficient (Wildman–Crippen LogP) is 1.25. The van der Waals surface area contributed by atoms with Crippen LogP contribution in [-0.4, -0.2) is 54.8 Å². The Morgan fingerprint density at radius 1 is 1.15 bits per heavy atom. The number of carbonyl (C=O) groups is 2. The lowest BCUT2D eigenvalue weighted by Crippen LogP contribution is -2.31. The molecule has 0 bridgehead atoms. The Morgan fingerprint density at radius 3 is 2.20 bits per heavy atom. The zero-order valence-corrected chi connectivity index (χ0v) is 11.8. The zero-order chi connectivity index (χ0) is 15.4. The average Bonchev–Trinajstić information content (AvgIpc) is 2.34. The second-order valence-electron chi connectivity index (χ2n) is 4.65. The first-order valence-corrected chi connectivity index (χ1v) is 5.87. The van der Waals surface area contributed by atoms with Crippen LogP contribution in [0.25, 0.3) is 0 Å². The van der Waals surface area contributed by atoms with Crippen LogP contribution < -0.4 is 0 Å². The van der Waals surface area contributed by atoms with Gasteiger partial charge in [-0.3, -0.25) is 9.59 Å². The molecule has 0 aliphatic heterocycles. The molecule has 0 aromatic heterocycles. The molecular weight excluding hydrogens is 263 g/mol. The summed E-state index contributed by atoms with van der Waals surface area (Å²) in [5.74, 6) is -2.01. The smallest absolute Gasteiger partial charge is 0.269 e. The fourth-order valence-corrected chi connectivity index (χ4v) is 1.53. The summed E-state index contributed by atoms with van der Waals surface area (Å²) in [7, 11) is 6.40. The first-order valence-electron chi connectivity index (χ1n) is 5.87. The van der Waals surface area contributed by atoms with E-state index in [1.165, 1.54) is 15.9 Å². The van der Waals surface area contributed by atoms with Crippen molar-refractivity contribution in [1.29, 1.82) is 0 Å². The number of hydrogen-bond acceptors (Lipinski definition) is 4. The summed E-state index contributed by atoms with van der Waals surface area (Å²) in [6.45, 7) is 0. The summed E-state index contributed by atoms with van der Waals surface area (Å²) in [4.78, 5) is 26.8. The lowest BCUT2D eigenvalue weighted by molar-refractivity contribution is -0.126. The number of ketones is 1. The van der Waals surface area contributed by atoms with Gasteiger partial charge in [0.05, 0.1) is 5.56 Å². The van der Waals surface area contributed by atoms with E-state index in [1.54, 1.807) is 28.2 Å². The van der Waals surface area contributed by atoms with Crippen molar-refractivity contribution in [3.05, 3.63) is 41.4 Å². The van der Waals surface area contributed by atoms with Gasteiger partial charge in [0, 0.05) is 40.3 Å². The van der Waals surface area contributed by atoms with Gasteiger partial charge in [0.15, 0.2) is 5.78 Å². The third kappa shape index (κ3) is 3.57. The van der Waals surface area contributed by atoms with Gasteiger partial charge >= 0.3 is 0 Å². The highest BCUT2D eigenvalue weighted by molar-refractivity contribution is 6.10. The number of aromatic hydroxyl groups is 1. The topological polar surface area (TPSA) is 60.9 Å². The van der Waals surface area contributed by atoms with Crippen molar-refractivity contribution in [3.63, 3.8) is 0 Å². The lowest BCUT2D eigenvalue weighted by atomic mass is 10.1. The quantitative estimate of drug-likeness (QED) is 0.666. The van der Waals surface area contributed by atoms with Crippen molar-refractivity contribution in [2.45, 2.75) is 0 Å². The summed E-state index contributed by atoms with van der Waals surface area (Å²) < 4.78 is 12.9. The van der Waals surface area contributed by atoms with Crippen molar-refractivity contribution in [3.8, 4) is 5.75 Å². The second kappa shape index (κ2) is 6.18. The summed E-state index contributed by atoms with van der Waals surface area (Å²) in [5.41, 5.74) is 0.112. The Balaban J connectivity index is 3.17. The van der Waals surface area contributed by atoms with Gasteiger partial charge in [-0.05, 0) is 12.1 Å². The van der Waals surface area contributed by atoms with Crippen molar-refractivity contribution in [1.82, 2.24) is 9.80 Å². The Labute approximate surface area is 116 Å². The summed E-state index contributed by atoms with van der Waals surface area (Å²) in [6, 6.07) is 3.10. The number of hydrogen-bond donors (Lipinski definition) is 1. The van der Waals surface area contributed by atoms with Crippen molar-refractivity contribution in [2.75, 3.05) is 28.2 Å². The molecule has 5 nitrogen and oxygen atoms in total. The number of likely N-dealkylation sites (N-methyl/N-ethyl adjacent to an activating group) is 2. The van der Waals surface area contributed by atoms with Crippen LogP contribution in [0.1, 0.15) is 10.4 Å². The van der Waals surface area contributed by atoms with E-state index in [0.29, 0.717) is 0 Å². The van der Waals surface area contributed by atoms with E-state index in [0.717, 1.165) is 18.2 Å². The first-order chi connectivity index (χ1) is 9.23. The fourth-order valence-electron chi connectivity index (χ4n) is 1.53. The normalized spacial score (nSPS) is 11.2. The van der Waals surface area contributed by atoms with Gasteiger partial charge in [0.1, 0.15) is 17.3 Å². The van der Waals surface area contributed by atoms with Gasteiger partial charge in [0.2, 0.25) is 0 Å². The highest BCUT2D eigenvalue weighted by atomic mass is 19.1. The molecule has 20 heavy (non-hydrogen) atoms. The SMILES string of the molecule is CN(C)C(=O)/C(=C/C(=O)c1ccc(F)cc1O)N(C)C. The number of benzene rings is 1. The maximum atomic E-state index is 12.9. The van der Waals surface area contributed by atoms with Gasteiger partial charge in [-0.15, -0.1) is 0 Å². The van der Waals surface area contributed by atoms with E-state index in [-0.39, 0.29) is 17.2 Å². The number of allylic oxidation sites excluding steroid dienone is 1. The second-order valence-corrected chi connectivity index (χ2v) is 4.65. The molecule has 0 aliphatic rings. The molecule has 0 atom stereocenters. The number of halogens is 1. The van der Waals surface area contributed by atoms with E-state index < -0.39 is 17.3 Å². The Kier molecular flexibility index (Phi) is 4.85. The summed E-state index contributed by atoms with van der Waals surface area (Å²) >= 11 is 0. The minimum absolute atomic E-state index is 0.0580. The number of rotatable bonds is 4. The molecular formula is C14H17FN2O3. The van der Waals surface area contributed by atoms with E-state index in [2.05, 4.69) is 0 Å². The van der Waals surface area contributed by atoms with Gasteiger partial charge < -0.3 is 14.9 Å². The summed E-state index contributed by atoms with van der Waals surface area (Å²) in [5, 5.41) is 9.56. The molecule has 0 fully saturated rings. The van der Waals surface area contributed by atoms with Gasteiger partial charge in [-0.25, -0.2) is 4.39 Å². The number of nitrogens with zero attached hydrogens (tertiary/aromatic N) is 2. The van der Waals surface area contributed by atoms with Crippen molar-refractivity contribution < 1.29 is 19.1 Å². The average molecular weight is 280 g/mol. The first kappa shape index (κ1) is 15.7. The van der Waals surface area contributed by atoms with Crippen LogP contribution in [-0.2, 0) is 4.79 Å². The fraction of sp³-hybridized carbons (Fsp3) is 0.286. The molecule has 1 amide bonds. The van der Waals surface area contributed by atoms with E-state index in [4.69, 9.17) is 0 Å². The maximum absolute atomic E-state index is 12.9. The number of carbonyl (C=O) groups excluding carboxylic acids is 2. The molecule has 1 aromatic carbocycles. The monoisotopic (exact) mass is 280 g/mol. The molecule has 1 aromatic rings. The molecule has 0 aliphatic carbocycles. The minimum Gasteiger partial charge on any atom is -0.507 e. The van der Waals surface area contributed by atoms with Crippen LogP contribution in [0.15, 0.2) is 30.0 Å². The molecule has 108 valence electrons. The number of phenols is 1. The van der Waals surface area contributed by atoms with Gasteiger partial charge in [-0.2, -0.15) is 0 Å². The third-order valence-electron chi connectivity index (χ3n) is 2.60. The van der Waals surface area contributed by atoms with Crippen LogP contribution in [0, 0.1) is 5.82 Å². The van der Waals surface area contributed by atoms with Gasteiger partial charge in [-0.1, -0.05) is 0 Å². The zero-order valence-electron chi connectivity index (χ0n) is 11.8. The molecule has 0 radical (unpaired) electrons. The van der Waals surface area contributed by atoms with Crippen molar-refractivity contribution in [2.24, 2.45) is 0 Å². The summed E-state index contributed by atoms with van der Waals surface area (Å²) in [6.07, 6.45) is 1.12. The van der Waals surface area contributed by atoms with E-state index in [1.807, 2.05) is 0 Å². The maximum Gasteiger partial charge on any atom is 0.269 e. The number of phenolic OH excluding ortho intramolecular Hbond substituents is 1. The van der Waals surface area contributed by atoms with E-state index >= 15 is 0 Å². The third-order valence-corrected chi connectivity index (χ3v) is 2.60. The standard InChI is InChI=1S/C14H17FN2O3/c1-16(2)11(14(20)17(3)4)8-13(19)10-6-5-9(15)7-12(10)18/h5-8,18H,1-4H3/b11-8-. The Bertz CT molecular complexity index is 566. The van der Waals surface area contributed by atoms with Crippen LogP contribution in [0.3, 0.4) is 0 Å². The number of amides is 1. The molecule has 1 N–H and O–H groups in total. The van der Waals surface area contributed by atoms with Gasteiger partial charge in [0.25, 0.3) is 5.91 Å². The molecule has 0 saturated heterocycles. The van der Waals surface area contributed by atoms with Crippen LogP contribution in [0.4, 0.5) is 4.39 Å². The van der Waals surface area contributed by atoms with Crippen molar-refractivity contribution >= 4 is 11.7 Å². The highest BCUT2D eigenvalue weighted by Crippen LogP contribution is 2.19. The predicted molar refractivity (Wildman–Crippen MR) is 72.9 cm³/mol. The molecule has 0 heterocycles. The molecule has 1 rings (SSSR count). The van der Waals surface area contributed by atoms with E-state index in [9.17, 15) is 19.1 Å². The molecule has 0 unspecified atom stereocenters. The minimum atomic E-state index is -0.639. The van der Waals surface area contributed by atoms with Crippen LogP contribution in [0.5, 0.6) is 5.75 Å². The Hall–Kier alpha value is -2.37. The molecule has 0 spiro atoms. The van der Waals surface area contributed by atoms with Crippen LogP contribution in [0.2, 0.25) is 0 Å². The molecule has 0 saturated carbocycles. The highest BCUT2D eigenvalue weighted by Gasteiger charge is 2.17.